The third-order valence-electron chi connectivity index (χ3n) is 3.02. The van der Waals surface area contributed by atoms with Gasteiger partial charge in [-0.3, -0.25) is 9.78 Å². The van der Waals surface area contributed by atoms with Crippen molar-refractivity contribution in [2.24, 2.45) is 0 Å². The van der Waals surface area contributed by atoms with Crippen LogP contribution in [0.3, 0.4) is 0 Å². The van der Waals surface area contributed by atoms with Gasteiger partial charge in [0.25, 0.3) is 5.91 Å². The lowest BCUT2D eigenvalue weighted by atomic mass is 10.0. The lowest BCUT2D eigenvalue weighted by Crippen LogP contribution is -2.24. The highest BCUT2D eigenvalue weighted by atomic mass is 35.5. The number of amides is 1. The maximum Gasteiger partial charge on any atom is 0.270 e. The molecule has 1 N–H and O–H groups in total. The number of hydrogen-bond donors (Lipinski definition) is 1. The van der Waals surface area contributed by atoms with Crippen molar-refractivity contribution in [1.29, 1.82) is 0 Å². The molecule has 0 atom stereocenters. The summed E-state index contributed by atoms with van der Waals surface area (Å²) in [6.07, 6.45) is 3.61. The Bertz CT molecular complexity index is 584. The number of aromatic nitrogens is 1. The zero-order valence-corrected chi connectivity index (χ0v) is 12.2. The number of benzene rings is 1. The van der Waals surface area contributed by atoms with E-state index in [9.17, 15) is 4.79 Å². The molecule has 0 aliphatic rings. The number of carbonyl (C=O) groups excluding carboxylic acids is 1. The van der Waals surface area contributed by atoms with Crippen LogP contribution in [0.4, 0.5) is 0 Å². The molecular weight excluding hydrogens is 272 g/mol. The Morgan fingerprint density at radius 2 is 2.10 bits per heavy atom. The Morgan fingerprint density at radius 3 is 2.80 bits per heavy atom. The minimum Gasteiger partial charge on any atom is -0.347 e. The zero-order valence-electron chi connectivity index (χ0n) is 11.4. The summed E-state index contributed by atoms with van der Waals surface area (Å²) in [6.45, 7) is 2.61. The number of rotatable bonds is 5. The van der Waals surface area contributed by atoms with E-state index in [2.05, 4.69) is 17.2 Å². The van der Waals surface area contributed by atoms with Crippen LogP contribution in [-0.4, -0.2) is 10.9 Å². The van der Waals surface area contributed by atoms with Gasteiger partial charge >= 0.3 is 0 Å². The largest absolute Gasteiger partial charge is 0.347 e. The standard InChI is InChI=1S/C16H17ClN2O/c1-2-5-12-10-14(17)8-7-13(12)11-19-16(20)15-6-3-4-9-18-15/h3-4,6-10H,2,5,11H2,1H3,(H,19,20). The smallest absolute Gasteiger partial charge is 0.270 e. The third-order valence-corrected chi connectivity index (χ3v) is 3.26. The van der Waals surface area contributed by atoms with Crippen LogP contribution in [0, 0.1) is 0 Å². The van der Waals surface area contributed by atoms with Gasteiger partial charge in [-0.1, -0.05) is 37.1 Å². The molecule has 1 aromatic heterocycles. The van der Waals surface area contributed by atoms with Gasteiger partial charge in [0.1, 0.15) is 5.69 Å². The quantitative estimate of drug-likeness (QED) is 0.913. The van der Waals surface area contributed by atoms with Crippen molar-refractivity contribution in [3.63, 3.8) is 0 Å². The Balaban J connectivity index is 2.05. The molecule has 0 fully saturated rings. The summed E-state index contributed by atoms with van der Waals surface area (Å²) < 4.78 is 0. The van der Waals surface area contributed by atoms with E-state index in [0.29, 0.717) is 12.2 Å². The highest BCUT2D eigenvalue weighted by Crippen LogP contribution is 2.17. The lowest BCUT2D eigenvalue weighted by molar-refractivity contribution is 0.0946. The summed E-state index contributed by atoms with van der Waals surface area (Å²) in [5.41, 5.74) is 2.71. The molecule has 0 bridgehead atoms. The first-order valence-corrected chi connectivity index (χ1v) is 7.05. The normalized spacial score (nSPS) is 10.3. The van der Waals surface area contributed by atoms with Crippen molar-refractivity contribution < 1.29 is 4.79 Å². The third kappa shape index (κ3) is 3.81. The number of nitrogens with one attached hydrogen (secondary N) is 1. The van der Waals surface area contributed by atoms with Crippen LogP contribution >= 0.6 is 11.6 Å². The van der Waals surface area contributed by atoms with E-state index >= 15 is 0 Å². The minimum absolute atomic E-state index is 0.164. The topological polar surface area (TPSA) is 42.0 Å². The van der Waals surface area contributed by atoms with E-state index in [4.69, 9.17) is 11.6 Å². The Kier molecular flexibility index (Phi) is 5.13. The molecule has 2 aromatic rings. The summed E-state index contributed by atoms with van der Waals surface area (Å²) in [6, 6.07) is 11.1. The Labute approximate surface area is 124 Å². The molecular formula is C16H17ClN2O. The molecule has 0 saturated heterocycles. The van der Waals surface area contributed by atoms with Crippen molar-refractivity contribution in [2.75, 3.05) is 0 Å². The van der Waals surface area contributed by atoms with E-state index in [1.54, 1.807) is 24.4 Å². The molecule has 0 spiro atoms. The summed E-state index contributed by atoms with van der Waals surface area (Å²) in [5, 5.41) is 3.62. The average molecular weight is 289 g/mol. The summed E-state index contributed by atoms with van der Waals surface area (Å²) in [5.74, 6) is -0.164. The van der Waals surface area contributed by atoms with Crippen LogP contribution in [-0.2, 0) is 13.0 Å². The molecule has 20 heavy (non-hydrogen) atoms. The van der Waals surface area contributed by atoms with Crippen molar-refractivity contribution in [3.8, 4) is 0 Å². The molecule has 1 heterocycles. The average Bonchev–Trinajstić information content (AvgIpc) is 2.47. The number of carbonyl (C=O) groups is 1. The fourth-order valence-electron chi connectivity index (χ4n) is 2.03. The van der Waals surface area contributed by atoms with Crippen molar-refractivity contribution in [3.05, 3.63) is 64.4 Å². The molecule has 0 radical (unpaired) electrons. The van der Waals surface area contributed by atoms with Crippen LogP contribution in [0.25, 0.3) is 0 Å². The minimum atomic E-state index is -0.164. The first-order chi connectivity index (χ1) is 9.70. The lowest BCUT2D eigenvalue weighted by Gasteiger charge is -2.10. The van der Waals surface area contributed by atoms with Crippen molar-refractivity contribution in [1.82, 2.24) is 10.3 Å². The molecule has 0 aliphatic heterocycles. The van der Waals surface area contributed by atoms with Crippen LogP contribution in [0.1, 0.15) is 35.0 Å². The number of aryl methyl sites for hydroxylation is 1. The second-order valence-corrected chi connectivity index (χ2v) is 5.00. The van der Waals surface area contributed by atoms with Gasteiger partial charge in [0.15, 0.2) is 0 Å². The van der Waals surface area contributed by atoms with E-state index in [-0.39, 0.29) is 5.91 Å². The molecule has 1 aromatic carbocycles. The molecule has 4 heteroatoms. The first-order valence-electron chi connectivity index (χ1n) is 6.67. The highest BCUT2D eigenvalue weighted by Gasteiger charge is 2.08. The van der Waals surface area contributed by atoms with E-state index in [1.807, 2.05) is 18.2 Å². The van der Waals surface area contributed by atoms with Crippen LogP contribution < -0.4 is 5.32 Å². The molecule has 0 unspecified atom stereocenters. The SMILES string of the molecule is CCCc1cc(Cl)ccc1CNC(=O)c1ccccn1. The van der Waals surface area contributed by atoms with Gasteiger partial charge in [-0.15, -0.1) is 0 Å². The van der Waals surface area contributed by atoms with Gasteiger partial charge in [0, 0.05) is 17.8 Å². The Morgan fingerprint density at radius 1 is 1.25 bits per heavy atom. The highest BCUT2D eigenvalue weighted by molar-refractivity contribution is 6.30. The second-order valence-electron chi connectivity index (χ2n) is 4.56. The Hall–Kier alpha value is -1.87. The van der Waals surface area contributed by atoms with Gasteiger partial charge < -0.3 is 5.32 Å². The monoisotopic (exact) mass is 288 g/mol. The predicted octanol–water partition coefficient (Wildman–Crippen LogP) is 3.62. The van der Waals surface area contributed by atoms with Crippen molar-refractivity contribution in [2.45, 2.75) is 26.3 Å². The van der Waals surface area contributed by atoms with Gasteiger partial charge in [-0.2, -0.15) is 0 Å². The molecule has 3 nitrogen and oxygen atoms in total. The number of halogens is 1. The molecule has 2 rings (SSSR count). The van der Waals surface area contributed by atoms with Gasteiger partial charge in [0.05, 0.1) is 0 Å². The molecule has 104 valence electrons. The van der Waals surface area contributed by atoms with E-state index in [0.717, 1.165) is 23.4 Å². The fourth-order valence-corrected chi connectivity index (χ4v) is 2.23. The van der Waals surface area contributed by atoms with E-state index in [1.165, 1.54) is 5.56 Å². The van der Waals surface area contributed by atoms with Crippen LogP contribution in [0.2, 0.25) is 5.02 Å². The summed E-state index contributed by atoms with van der Waals surface area (Å²) in [7, 11) is 0. The molecule has 0 aliphatic carbocycles. The maximum absolute atomic E-state index is 12.0. The van der Waals surface area contributed by atoms with Gasteiger partial charge in [-0.05, 0) is 41.8 Å². The number of pyridine rings is 1. The van der Waals surface area contributed by atoms with Gasteiger partial charge in [-0.25, -0.2) is 0 Å². The summed E-state index contributed by atoms with van der Waals surface area (Å²) in [4.78, 5) is 16.0. The zero-order chi connectivity index (χ0) is 14.4. The number of hydrogen-bond acceptors (Lipinski definition) is 2. The summed E-state index contributed by atoms with van der Waals surface area (Å²) >= 11 is 6.01. The van der Waals surface area contributed by atoms with Crippen molar-refractivity contribution >= 4 is 17.5 Å². The number of nitrogens with zero attached hydrogens (tertiary/aromatic N) is 1. The van der Waals surface area contributed by atoms with Gasteiger partial charge in [0.2, 0.25) is 0 Å². The van der Waals surface area contributed by atoms with E-state index < -0.39 is 0 Å². The maximum atomic E-state index is 12.0. The first kappa shape index (κ1) is 14.5. The van der Waals surface area contributed by atoms with Crippen LogP contribution in [0.5, 0.6) is 0 Å². The van der Waals surface area contributed by atoms with Crippen LogP contribution in [0.15, 0.2) is 42.6 Å². The molecule has 1 amide bonds. The predicted molar refractivity (Wildman–Crippen MR) is 80.9 cm³/mol. The molecule has 0 saturated carbocycles. The second kappa shape index (κ2) is 7.06. The fraction of sp³-hybridized carbons (Fsp3) is 0.250.